The molecular weight excluding hydrogens is 400 g/mol. The molecule has 2 N–H and O–H groups in total. The van der Waals surface area contributed by atoms with Gasteiger partial charge in [0.2, 0.25) is 5.91 Å². The van der Waals surface area contributed by atoms with Gasteiger partial charge in [-0.3, -0.25) is 9.52 Å². The maximum absolute atomic E-state index is 12.7. The number of hydrogen-bond donors (Lipinski definition) is 2. The summed E-state index contributed by atoms with van der Waals surface area (Å²) in [4.78, 5) is 12.7. The van der Waals surface area contributed by atoms with Gasteiger partial charge in [0.1, 0.15) is 0 Å². The molecule has 1 aliphatic carbocycles. The van der Waals surface area contributed by atoms with Crippen molar-refractivity contribution in [1.82, 2.24) is 5.32 Å². The van der Waals surface area contributed by atoms with Crippen LogP contribution < -0.4 is 10.0 Å². The van der Waals surface area contributed by atoms with Crippen LogP contribution in [0.25, 0.3) is 0 Å². The molecule has 2 aromatic carbocycles. The third-order valence-electron chi connectivity index (χ3n) is 5.34. The van der Waals surface area contributed by atoms with Crippen molar-refractivity contribution in [3.8, 4) is 0 Å². The number of nitrogens with one attached hydrogen (secondary N) is 2. The van der Waals surface area contributed by atoms with Gasteiger partial charge in [-0.2, -0.15) is 0 Å². The van der Waals surface area contributed by atoms with Crippen LogP contribution in [0.3, 0.4) is 0 Å². The maximum Gasteiger partial charge on any atom is 0.261 e. The molecule has 2 aromatic rings. The highest BCUT2D eigenvalue weighted by Crippen LogP contribution is 2.48. The quantitative estimate of drug-likeness (QED) is 0.565. The minimum Gasteiger partial charge on any atom is -0.383 e. The van der Waals surface area contributed by atoms with E-state index in [9.17, 15) is 13.2 Å². The van der Waals surface area contributed by atoms with Crippen LogP contribution in [-0.4, -0.2) is 34.6 Å². The van der Waals surface area contributed by atoms with E-state index < -0.39 is 15.4 Å². The molecule has 3 rings (SSSR count). The Morgan fingerprint density at radius 2 is 1.70 bits per heavy atom. The first-order valence-electron chi connectivity index (χ1n) is 10.3. The molecule has 0 radical (unpaired) electrons. The van der Waals surface area contributed by atoms with Gasteiger partial charge < -0.3 is 10.1 Å². The Kier molecular flexibility index (Phi) is 6.83. The third-order valence-corrected chi connectivity index (χ3v) is 6.74. The summed E-state index contributed by atoms with van der Waals surface area (Å²) in [7, 11) is -2.07. The second kappa shape index (κ2) is 9.18. The second-order valence-electron chi connectivity index (χ2n) is 8.26. The van der Waals surface area contributed by atoms with E-state index in [1.807, 2.05) is 24.3 Å². The number of carbonyl (C=O) groups excluding carboxylic acids is 1. The minimum absolute atomic E-state index is 0.00521. The largest absolute Gasteiger partial charge is 0.383 e. The molecule has 0 atom stereocenters. The SMILES string of the molecule is COCCNC(=O)C1(c2ccc(NS(=O)(=O)c3ccc(CC(C)C)cc3)cc2)CC1. The van der Waals surface area contributed by atoms with E-state index in [1.165, 1.54) is 0 Å². The summed E-state index contributed by atoms with van der Waals surface area (Å²) in [5.74, 6) is 0.510. The van der Waals surface area contributed by atoms with Gasteiger partial charge in [-0.25, -0.2) is 8.42 Å². The van der Waals surface area contributed by atoms with Crippen LogP contribution in [0.5, 0.6) is 0 Å². The van der Waals surface area contributed by atoms with Crippen LogP contribution in [-0.2, 0) is 31.4 Å². The highest BCUT2D eigenvalue weighted by atomic mass is 32.2. The molecule has 0 spiro atoms. The molecule has 7 heteroatoms. The van der Waals surface area contributed by atoms with Crippen molar-refractivity contribution >= 4 is 21.6 Å². The van der Waals surface area contributed by atoms with E-state index in [-0.39, 0.29) is 10.8 Å². The van der Waals surface area contributed by atoms with Gasteiger partial charge in [-0.05, 0) is 60.6 Å². The fraction of sp³-hybridized carbons (Fsp3) is 0.435. The van der Waals surface area contributed by atoms with Crippen LogP contribution in [0.2, 0.25) is 0 Å². The summed E-state index contributed by atoms with van der Waals surface area (Å²) in [6.45, 7) is 5.21. The number of amides is 1. The third kappa shape index (κ3) is 5.21. The zero-order valence-corrected chi connectivity index (χ0v) is 18.6. The average molecular weight is 431 g/mol. The Bertz CT molecular complexity index is 963. The fourth-order valence-electron chi connectivity index (χ4n) is 3.56. The number of ether oxygens (including phenoxy) is 1. The summed E-state index contributed by atoms with van der Waals surface area (Å²) in [6.07, 6.45) is 2.50. The Labute approximate surface area is 179 Å². The number of methoxy groups -OCH3 is 1. The van der Waals surface area contributed by atoms with E-state index in [1.54, 1.807) is 31.4 Å². The lowest BCUT2D eigenvalue weighted by atomic mass is 9.95. The number of hydrogen-bond acceptors (Lipinski definition) is 4. The van der Waals surface area contributed by atoms with Crippen molar-refractivity contribution in [2.75, 3.05) is 25.0 Å². The van der Waals surface area contributed by atoms with Gasteiger partial charge in [0.25, 0.3) is 10.0 Å². The molecule has 1 saturated carbocycles. The van der Waals surface area contributed by atoms with E-state index in [2.05, 4.69) is 23.9 Å². The first kappa shape index (κ1) is 22.3. The summed E-state index contributed by atoms with van der Waals surface area (Å²) >= 11 is 0. The predicted octanol–water partition coefficient (Wildman–Crippen LogP) is 3.48. The van der Waals surface area contributed by atoms with Crippen molar-refractivity contribution in [2.45, 2.75) is 43.4 Å². The number of anilines is 1. The second-order valence-corrected chi connectivity index (χ2v) is 9.94. The van der Waals surface area contributed by atoms with Crippen LogP contribution in [0, 0.1) is 5.92 Å². The summed E-state index contributed by atoms with van der Waals surface area (Å²) < 4.78 is 33.0. The zero-order chi connectivity index (χ0) is 21.8. The van der Waals surface area contributed by atoms with Gasteiger partial charge in [-0.15, -0.1) is 0 Å². The molecule has 0 heterocycles. The van der Waals surface area contributed by atoms with Crippen LogP contribution in [0.1, 0.15) is 37.8 Å². The van der Waals surface area contributed by atoms with Crippen molar-refractivity contribution in [3.05, 3.63) is 59.7 Å². The lowest BCUT2D eigenvalue weighted by Gasteiger charge is -2.16. The zero-order valence-electron chi connectivity index (χ0n) is 17.8. The van der Waals surface area contributed by atoms with Gasteiger partial charge in [0.05, 0.1) is 16.9 Å². The summed E-state index contributed by atoms with van der Waals surface area (Å²) in [5.41, 5.74) is 1.99. The van der Waals surface area contributed by atoms with Gasteiger partial charge in [0, 0.05) is 19.3 Å². The molecule has 6 nitrogen and oxygen atoms in total. The number of rotatable bonds is 10. The topological polar surface area (TPSA) is 84.5 Å². The predicted molar refractivity (Wildman–Crippen MR) is 118 cm³/mol. The van der Waals surface area contributed by atoms with Gasteiger partial charge >= 0.3 is 0 Å². The molecule has 1 fully saturated rings. The molecule has 0 aromatic heterocycles. The Balaban J connectivity index is 1.67. The first-order chi connectivity index (χ1) is 14.3. The summed E-state index contributed by atoms with van der Waals surface area (Å²) in [6, 6.07) is 14.1. The molecule has 162 valence electrons. The fourth-order valence-corrected chi connectivity index (χ4v) is 4.61. The molecule has 30 heavy (non-hydrogen) atoms. The lowest BCUT2D eigenvalue weighted by Crippen LogP contribution is -2.36. The first-order valence-corrected chi connectivity index (χ1v) is 11.7. The van der Waals surface area contributed by atoms with Gasteiger partial charge in [0.15, 0.2) is 0 Å². The van der Waals surface area contributed by atoms with E-state index >= 15 is 0 Å². The van der Waals surface area contributed by atoms with Crippen molar-refractivity contribution in [2.24, 2.45) is 5.92 Å². The molecule has 0 unspecified atom stereocenters. The van der Waals surface area contributed by atoms with Crippen molar-refractivity contribution < 1.29 is 17.9 Å². The Morgan fingerprint density at radius 3 is 2.23 bits per heavy atom. The molecule has 0 aliphatic heterocycles. The molecular formula is C23H30N2O4S. The molecule has 1 aliphatic rings. The van der Waals surface area contributed by atoms with Crippen molar-refractivity contribution in [1.29, 1.82) is 0 Å². The number of sulfonamides is 1. The van der Waals surface area contributed by atoms with Crippen LogP contribution >= 0.6 is 0 Å². The van der Waals surface area contributed by atoms with E-state index in [0.29, 0.717) is 24.8 Å². The van der Waals surface area contributed by atoms with Crippen molar-refractivity contribution in [3.63, 3.8) is 0 Å². The normalized spacial score (nSPS) is 15.1. The maximum atomic E-state index is 12.7. The highest BCUT2D eigenvalue weighted by Gasteiger charge is 2.51. The van der Waals surface area contributed by atoms with Gasteiger partial charge in [-0.1, -0.05) is 38.1 Å². The molecule has 0 bridgehead atoms. The number of carbonyl (C=O) groups is 1. The molecule has 1 amide bonds. The standard InChI is InChI=1S/C23H30N2O4S/c1-17(2)16-18-4-10-21(11-5-18)30(27,28)25-20-8-6-19(7-9-20)23(12-13-23)22(26)24-14-15-29-3/h4-11,17,25H,12-16H2,1-3H3,(H,24,26). The minimum atomic E-state index is -3.67. The molecule has 0 saturated heterocycles. The monoisotopic (exact) mass is 430 g/mol. The highest BCUT2D eigenvalue weighted by molar-refractivity contribution is 7.92. The van der Waals surface area contributed by atoms with Crippen LogP contribution in [0.15, 0.2) is 53.4 Å². The smallest absolute Gasteiger partial charge is 0.261 e. The van der Waals surface area contributed by atoms with E-state index in [4.69, 9.17) is 4.74 Å². The summed E-state index contributed by atoms with van der Waals surface area (Å²) in [5, 5.41) is 2.90. The van der Waals surface area contributed by atoms with Crippen LogP contribution in [0.4, 0.5) is 5.69 Å². The lowest BCUT2D eigenvalue weighted by molar-refractivity contribution is -0.123. The Hall–Kier alpha value is -2.38. The average Bonchev–Trinajstić information content (AvgIpc) is 3.50. The Morgan fingerprint density at radius 1 is 1.07 bits per heavy atom. The van der Waals surface area contributed by atoms with E-state index in [0.717, 1.165) is 30.4 Å². The number of benzene rings is 2.